The van der Waals surface area contributed by atoms with Crippen LogP contribution in [0.4, 0.5) is 10.1 Å². The maximum Gasteiger partial charge on any atom is 0.253 e. The molecule has 0 aromatic heterocycles. The smallest absolute Gasteiger partial charge is 0.253 e. The van der Waals surface area contributed by atoms with Gasteiger partial charge in [-0.15, -0.1) is 0 Å². The first-order chi connectivity index (χ1) is 15.0. The van der Waals surface area contributed by atoms with Gasteiger partial charge in [-0.05, 0) is 61.2 Å². The van der Waals surface area contributed by atoms with Crippen molar-refractivity contribution in [1.29, 1.82) is 0 Å². The van der Waals surface area contributed by atoms with Gasteiger partial charge in [0, 0.05) is 42.5 Å². The van der Waals surface area contributed by atoms with Crippen LogP contribution in [0.1, 0.15) is 36.0 Å². The molecule has 2 amide bonds. The van der Waals surface area contributed by atoms with Crippen LogP contribution in [0.25, 0.3) is 0 Å². The minimum Gasteiger partial charge on any atom is -0.336 e. The third-order valence-electron chi connectivity index (χ3n) is 6.29. The predicted molar refractivity (Wildman–Crippen MR) is 120 cm³/mol. The van der Waals surface area contributed by atoms with E-state index >= 15 is 0 Å². The second-order valence-electron chi connectivity index (χ2n) is 8.32. The van der Waals surface area contributed by atoms with Crippen molar-refractivity contribution in [1.82, 2.24) is 9.80 Å². The van der Waals surface area contributed by atoms with Gasteiger partial charge < -0.3 is 10.2 Å². The maximum atomic E-state index is 13.5. The number of nitrogens with zero attached hydrogens (tertiary/aromatic N) is 2. The van der Waals surface area contributed by atoms with Crippen LogP contribution < -0.4 is 5.32 Å². The number of nitrogens with one attached hydrogen (secondary N) is 1. The highest BCUT2D eigenvalue weighted by molar-refractivity contribution is 6.30. The SMILES string of the molecule is O=C(Nc1cccc(F)c1)C(C1CCCC1)N1CCN(C(=O)c2ccc(Cl)cc2)CC1. The van der Waals surface area contributed by atoms with Crippen molar-refractivity contribution >= 4 is 29.1 Å². The average Bonchev–Trinajstić information content (AvgIpc) is 3.29. The Labute approximate surface area is 187 Å². The molecule has 0 radical (unpaired) electrons. The second kappa shape index (κ2) is 9.79. The molecule has 2 aromatic carbocycles. The van der Waals surface area contributed by atoms with E-state index in [9.17, 15) is 14.0 Å². The topological polar surface area (TPSA) is 52.7 Å². The van der Waals surface area contributed by atoms with Crippen molar-refractivity contribution in [3.8, 4) is 0 Å². The molecule has 1 aliphatic heterocycles. The Balaban J connectivity index is 1.43. The molecule has 31 heavy (non-hydrogen) atoms. The lowest BCUT2D eigenvalue weighted by Gasteiger charge is -2.40. The number of hydrogen-bond donors (Lipinski definition) is 1. The Morgan fingerprint density at radius 2 is 1.68 bits per heavy atom. The predicted octanol–water partition coefficient (Wildman–Crippen LogP) is 4.43. The molecule has 1 N–H and O–H groups in total. The van der Waals surface area contributed by atoms with E-state index in [1.54, 1.807) is 36.4 Å². The van der Waals surface area contributed by atoms with Crippen LogP contribution in [-0.2, 0) is 4.79 Å². The molecule has 2 fully saturated rings. The third kappa shape index (κ3) is 5.25. The molecule has 1 aliphatic carbocycles. The molecule has 1 heterocycles. The lowest BCUT2D eigenvalue weighted by atomic mass is 9.94. The molecule has 4 rings (SSSR count). The average molecular weight is 444 g/mol. The van der Waals surface area contributed by atoms with Crippen LogP contribution in [0.3, 0.4) is 0 Å². The largest absolute Gasteiger partial charge is 0.336 e. The van der Waals surface area contributed by atoms with Gasteiger partial charge in [0.15, 0.2) is 0 Å². The number of benzene rings is 2. The molecule has 0 spiro atoms. The number of anilines is 1. The molecule has 7 heteroatoms. The zero-order valence-electron chi connectivity index (χ0n) is 17.4. The van der Waals surface area contributed by atoms with Gasteiger partial charge in [-0.25, -0.2) is 4.39 Å². The van der Waals surface area contributed by atoms with Crippen LogP contribution in [0.5, 0.6) is 0 Å². The fourth-order valence-electron chi connectivity index (χ4n) is 4.71. The Kier molecular flexibility index (Phi) is 6.88. The van der Waals surface area contributed by atoms with E-state index in [2.05, 4.69) is 10.2 Å². The minimum atomic E-state index is -0.371. The van der Waals surface area contributed by atoms with Gasteiger partial charge in [0.25, 0.3) is 5.91 Å². The summed E-state index contributed by atoms with van der Waals surface area (Å²) >= 11 is 5.92. The Bertz CT molecular complexity index is 923. The van der Waals surface area contributed by atoms with Gasteiger partial charge in [-0.2, -0.15) is 0 Å². The van der Waals surface area contributed by atoms with Gasteiger partial charge in [-0.1, -0.05) is 30.5 Å². The molecule has 2 aliphatic rings. The summed E-state index contributed by atoms with van der Waals surface area (Å²) in [7, 11) is 0. The summed E-state index contributed by atoms with van der Waals surface area (Å²) in [5, 5.41) is 3.51. The van der Waals surface area contributed by atoms with Crippen molar-refractivity contribution in [2.24, 2.45) is 5.92 Å². The van der Waals surface area contributed by atoms with Gasteiger partial charge in [0.1, 0.15) is 5.82 Å². The number of amides is 2. The first-order valence-corrected chi connectivity index (χ1v) is 11.2. The van der Waals surface area contributed by atoms with Crippen LogP contribution in [0, 0.1) is 11.7 Å². The molecular weight excluding hydrogens is 417 g/mol. The van der Waals surface area contributed by atoms with E-state index in [1.165, 1.54) is 12.1 Å². The number of rotatable bonds is 5. The van der Waals surface area contributed by atoms with E-state index < -0.39 is 0 Å². The number of hydrogen-bond acceptors (Lipinski definition) is 3. The Morgan fingerprint density at radius 1 is 1.00 bits per heavy atom. The minimum absolute atomic E-state index is 0.0158. The van der Waals surface area contributed by atoms with E-state index in [4.69, 9.17) is 11.6 Å². The van der Waals surface area contributed by atoms with E-state index in [0.29, 0.717) is 42.5 Å². The zero-order valence-corrected chi connectivity index (χ0v) is 18.2. The Hall–Kier alpha value is -2.44. The highest BCUT2D eigenvalue weighted by Gasteiger charge is 2.37. The summed E-state index contributed by atoms with van der Waals surface area (Å²) in [5.74, 6) is -0.190. The van der Waals surface area contributed by atoms with Gasteiger partial charge >= 0.3 is 0 Å². The van der Waals surface area contributed by atoms with Crippen molar-refractivity contribution in [2.75, 3.05) is 31.5 Å². The fourth-order valence-corrected chi connectivity index (χ4v) is 4.84. The van der Waals surface area contributed by atoms with Crippen molar-refractivity contribution in [3.63, 3.8) is 0 Å². The highest BCUT2D eigenvalue weighted by Crippen LogP contribution is 2.32. The lowest BCUT2D eigenvalue weighted by molar-refractivity contribution is -0.123. The quantitative estimate of drug-likeness (QED) is 0.743. The van der Waals surface area contributed by atoms with Crippen molar-refractivity contribution in [2.45, 2.75) is 31.7 Å². The molecular formula is C24H27ClFN3O2. The van der Waals surface area contributed by atoms with Crippen molar-refractivity contribution in [3.05, 3.63) is 64.9 Å². The second-order valence-corrected chi connectivity index (χ2v) is 8.76. The van der Waals surface area contributed by atoms with E-state index in [-0.39, 0.29) is 29.6 Å². The van der Waals surface area contributed by atoms with Gasteiger partial charge in [0.2, 0.25) is 5.91 Å². The number of piperazine rings is 1. The summed E-state index contributed by atoms with van der Waals surface area (Å²) in [6, 6.07) is 12.7. The molecule has 164 valence electrons. The van der Waals surface area contributed by atoms with Crippen LogP contribution >= 0.6 is 11.6 Å². The first kappa shape index (κ1) is 21.8. The third-order valence-corrected chi connectivity index (χ3v) is 6.55. The molecule has 5 nitrogen and oxygen atoms in total. The number of halogens is 2. The van der Waals surface area contributed by atoms with Crippen molar-refractivity contribution < 1.29 is 14.0 Å². The monoisotopic (exact) mass is 443 g/mol. The Morgan fingerprint density at radius 3 is 2.32 bits per heavy atom. The van der Waals surface area contributed by atoms with E-state index in [1.807, 2.05) is 4.90 Å². The molecule has 0 bridgehead atoms. The first-order valence-electron chi connectivity index (χ1n) is 10.9. The maximum absolute atomic E-state index is 13.5. The molecule has 1 saturated heterocycles. The summed E-state index contributed by atoms with van der Waals surface area (Å²) in [4.78, 5) is 30.0. The lowest BCUT2D eigenvalue weighted by Crippen LogP contribution is -2.56. The van der Waals surface area contributed by atoms with E-state index in [0.717, 1.165) is 25.7 Å². The number of carbonyl (C=O) groups excluding carboxylic acids is 2. The standard InChI is InChI=1S/C24H27ClFN3O2/c25-19-10-8-18(9-11-19)24(31)29-14-12-28(13-15-29)22(17-4-1-2-5-17)23(30)27-21-7-3-6-20(26)16-21/h3,6-11,16-17,22H,1-2,4-5,12-15H2,(H,27,30). The molecule has 1 unspecified atom stereocenters. The van der Waals surface area contributed by atoms with Crippen LogP contribution in [-0.4, -0.2) is 53.8 Å². The summed E-state index contributed by atoms with van der Waals surface area (Å²) in [6.07, 6.45) is 4.29. The summed E-state index contributed by atoms with van der Waals surface area (Å²) in [5.41, 5.74) is 1.10. The summed E-state index contributed by atoms with van der Waals surface area (Å²) < 4.78 is 13.5. The normalized spacial score (nSPS) is 18.7. The van der Waals surface area contributed by atoms with Gasteiger partial charge in [-0.3, -0.25) is 14.5 Å². The number of carbonyl (C=O) groups is 2. The molecule has 1 saturated carbocycles. The van der Waals surface area contributed by atoms with Crippen LogP contribution in [0.2, 0.25) is 5.02 Å². The molecule has 1 atom stereocenters. The highest BCUT2D eigenvalue weighted by atomic mass is 35.5. The zero-order chi connectivity index (χ0) is 21.8. The molecule has 2 aromatic rings. The summed E-state index contributed by atoms with van der Waals surface area (Å²) in [6.45, 7) is 2.41. The van der Waals surface area contributed by atoms with Crippen LogP contribution in [0.15, 0.2) is 48.5 Å². The fraction of sp³-hybridized carbons (Fsp3) is 0.417. The van der Waals surface area contributed by atoms with Gasteiger partial charge in [0.05, 0.1) is 6.04 Å².